The Morgan fingerprint density at radius 3 is 2.77 bits per heavy atom. The minimum atomic E-state index is -0.167. The van der Waals surface area contributed by atoms with Gasteiger partial charge in [-0.1, -0.05) is 30.4 Å². The topological polar surface area (TPSA) is 81.3 Å². The number of anilines is 2. The van der Waals surface area contributed by atoms with E-state index in [0.29, 0.717) is 36.7 Å². The summed E-state index contributed by atoms with van der Waals surface area (Å²) in [5, 5.41) is 0.773. The number of fused-ring (bicyclic) bond motifs is 1. The predicted octanol–water partition coefficient (Wildman–Crippen LogP) is 5.57. The molecule has 7 heteroatoms. The molecule has 1 aromatic carbocycles. The molecule has 4 aromatic rings. The van der Waals surface area contributed by atoms with Gasteiger partial charge in [-0.3, -0.25) is 9.78 Å². The van der Waals surface area contributed by atoms with E-state index in [0.717, 1.165) is 33.6 Å². The molecule has 0 aliphatic carbocycles. The third-order valence-corrected chi connectivity index (χ3v) is 6.44. The van der Waals surface area contributed by atoms with Crippen molar-refractivity contribution in [1.29, 1.82) is 0 Å². The highest BCUT2D eigenvalue weighted by molar-refractivity contribution is 7.21. The van der Waals surface area contributed by atoms with E-state index in [9.17, 15) is 4.79 Å². The zero-order valence-electron chi connectivity index (χ0n) is 19.3. The first-order valence-electron chi connectivity index (χ1n) is 11.3. The molecule has 0 spiro atoms. The van der Waals surface area contributed by atoms with Crippen LogP contribution in [0.1, 0.15) is 22.5 Å². The molecule has 0 saturated carbocycles. The number of rotatable bonds is 10. The summed E-state index contributed by atoms with van der Waals surface area (Å²) in [7, 11) is 0. The Bertz CT molecular complexity index is 1340. The van der Waals surface area contributed by atoms with Gasteiger partial charge in [0.25, 0.3) is 5.91 Å². The number of pyridine rings is 2. The van der Waals surface area contributed by atoms with Gasteiger partial charge in [0.1, 0.15) is 9.71 Å². The smallest absolute Gasteiger partial charge is 0.270 e. The number of hydrogen-bond acceptors (Lipinski definition) is 6. The van der Waals surface area contributed by atoms with Crippen LogP contribution in [-0.4, -0.2) is 35.6 Å². The van der Waals surface area contributed by atoms with Gasteiger partial charge in [-0.25, -0.2) is 4.98 Å². The molecule has 0 unspecified atom stereocenters. The van der Waals surface area contributed by atoms with Crippen molar-refractivity contribution >= 4 is 38.8 Å². The maximum Gasteiger partial charge on any atom is 0.270 e. The van der Waals surface area contributed by atoms with Crippen LogP contribution in [0.5, 0.6) is 0 Å². The molecule has 2 N–H and O–H groups in total. The van der Waals surface area contributed by atoms with Gasteiger partial charge in [0.2, 0.25) is 0 Å². The van der Waals surface area contributed by atoms with Crippen LogP contribution in [0, 0.1) is 12.3 Å². The number of ether oxygens (including phenoxy) is 1. The van der Waals surface area contributed by atoms with Gasteiger partial charge in [0, 0.05) is 48.6 Å². The van der Waals surface area contributed by atoms with Crippen LogP contribution >= 0.6 is 11.3 Å². The first-order valence-corrected chi connectivity index (χ1v) is 12.1. The highest BCUT2D eigenvalue weighted by Crippen LogP contribution is 2.35. The van der Waals surface area contributed by atoms with Crippen molar-refractivity contribution in [3.8, 4) is 23.6 Å². The summed E-state index contributed by atoms with van der Waals surface area (Å²) >= 11 is 1.31. The minimum Gasteiger partial charge on any atom is -0.397 e. The number of aromatic nitrogens is 2. The number of hydrogen-bond donors (Lipinski definition) is 1. The lowest BCUT2D eigenvalue weighted by Gasteiger charge is -2.21. The van der Waals surface area contributed by atoms with Crippen LogP contribution in [0.25, 0.3) is 21.5 Å². The van der Waals surface area contributed by atoms with Gasteiger partial charge in [-0.05, 0) is 42.8 Å². The SMILES string of the molecule is C#CCCCOC/C=C\CN(C(=O)c1sc2nc(-c3cccnc3)ccc2c1N)c1ccccc1. The molecule has 0 fully saturated rings. The highest BCUT2D eigenvalue weighted by atomic mass is 32.1. The van der Waals surface area contributed by atoms with Crippen LogP contribution in [0.3, 0.4) is 0 Å². The molecule has 3 heterocycles. The summed E-state index contributed by atoms with van der Waals surface area (Å²) < 4.78 is 5.56. The number of unbranched alkanes of at least 4 members (excludes halogenated alkanes) is 1. The summed E-state index contributed by atoms with van der Waals surface area (Å²) in [6.45, 7) is 1.47. The number of nitrogens with zero attached hydrogens (tertiary/aromatic N) is 3. The Kier molecular flexibility index (Phi) is 8.23. The Balaban J connectivity index is 1.56. The standard InChI is InChI=1S/C28H26N4O2S/c1-2-3-8-18-34-19-9-7-17-32(22-12-5-4-6-13-22)28(33)26-25(29)23-14-15-24(31-27(23)35-26)21-11-10-16-30-20-21/h1,4-7,9-16,20H,3,8,17-19,29H2/b9-7-. The lowest BCUT2D eigenvalue weighted by atomic mass is 10.1. The number of terminal acetylenes is 1. The van der Waals surface area contributed by atoms with E-state index in [1.807, 2.05) is 66.7 Å². The molecular formula is C28H26N4O2S. The zero-order valence-corrected chi connectivity index (χ0v) is 20.1. The van der Waals surface area contributed by atoms with Gasteiger partial charge in [0.05, 0.1) is 18.0 Å². The Labute approximate surface area is 209 Å². The number of nitrogen functional groups attached to an aromatic ring is 1. The number of nitrogens with two attached hydrogens (primary N) is 1. The van der Waals surface area contributed by atoms with Crippen molar-refractivity contribution in [2.45, 2.75) is 12.8 Å². The van der Waals surface area contributed by atoms with E-state index in [1.54, 1.807) is 17.3 Å². The molecule has 1 amide bonds. The van der Waals surface area contributed by atoms with Crippen molar-refractivity contribution < 1.29 is 9.53 Å². The first kappa shape index (κ1) is 24.1. The van der Waals surface area contributed by atoms with E-state index in [1.165, 1.54) is 11.3 Å². The fraction of sp³-hybridized carbons (Fsp3) is 0.179. The third-order valence-electron chi connectivity index (χ3n) is 5.34. The molecule has 6 nitrogen and oxygen atoms in total. The van der Waals surface area contributed by atoms with Crippen molar-refractivity contribution in [2.24, 2.45) is 0 Å². The maximum atomic E-state index is 13.7. The van der Waals surface area contributed by atoms with E-state index < -0.39 is 0 Å². The molecule has 3 aromatic heterocycles. The second-order valence-corrected chi connectivity index (χ2v) is 8.74. The fourth-order valence-corrected chi connectivity index (χ4v) is 4.59. The number of thiophene rings is 1. The Morgan fingerprint density at radius 1 is 1.14 bits per heavy atom. The quantitative estimate of drug-likeness (QED) is 0.181. The van der Waals surface area contributed by atoms with Gasteiger partial charge >= 0.3 is 0 Å². The predicted molar refractivity (Wildman–Crippen MR) is 143 cm³/mol. The summed E-state index contributed by atoms with van der Waals surface area (Å²) in [4.78, 5) is 25.5. The maximum absolute atomic E-state index is 13.7. The molecule has 0 bridgehead atoms. The van der Waals surface area contributed by atoms with E-state index in [-0.39, 0.29) is 5.91 Å². The third kappa shape index (κ3) is 5.93. The Hall–Kier alpha value is -3.99. The minimum absolute atomic E-state index is 0.167. The summed E-state index contributed by atoms with van der Waals surface area (Å²) in [5.74, 6) is 2.43. The number of amides is 1. The average molecular weight is 483 g/mol. The second-order valence-electron chi connectivity index (χ2n) is 7.74. The highest BCUT2D eigenvalue weighted by Gasteiger charge is 2.23. The van der Waals surface area contributed by atoms with Crippen molar-refractivity contribution in [2.75, 3.05) is 30.4 Å². The summed E-state index contributed by atoms with van der Waals surface area (Å²) in [5.41, 5.74) is 9.37. The number of para-hydroxylation sites is 1. The molecule has 4 rings (SSSR count). The Morgan fingerprint density at radius 2 is 2.00 bits per heavy atom. The molecule has 0 aliphatic heterocycles. The van der Waals surface area contributed by atoms with E-state index in [4.69, 9.17) is 21.9 Å². The van der Waals surface area contributed by atoms with Gasteiger partial charge in [-0.15, -0.1) is 23.7 Å². The largest absolute Gasteiger partial charge is 0.397 e. The normalized spacial score (nSPS) is 11.1. The number of carbonyl (C=O) groups excluding carboxylic acids is 1. The van der Waals surface area contributed by atoms with Crippen LogP contribution in [0.15, 0.2) is 79.1 Å². The van der Waals surface area contributed by atoms with E-state index in [2.05, 4.69) is 10.9 Å². The van der Waals surface area contributed by atoms with Gasteiger partial charge in [-0.2, -0.15) is 0 Å². The summed E-state index contributed by atoms with van der Waals surface area (Å²) in [6.07, 6.45) is 14.1. The lowest BCUT2D eigenvalue weighted by molar-refractivity contribution is 0.0994. The van der Waals surface area contributed by atoms with Crippen molar-refractivity contribution in [3.05, 3.63) is 84.0 Å². The second kappa shape index (κ2) is 11.9. The summed E-state index contributed by atoms with van der Waals surface area (Å²) in [6, 6.07) is 17.2. The molecule has 0 radical (unpaired) electrons. The van der Waals surface area contributed by atoms with Crippen LogP contribution in [-0.2, 0) is 4.74 Å². The number of carbonyl (C=O) groups is 1. The molecule has 35 heavy (non-hydrogen) atoms. The first-order chi connectivity index (χ1) is 17.2. The van der Waals surface area contributed by atoms with Crippen LogP contribution in [0.2, 0.25) is 0 Å². The lowest BCUT2D eigenvalue weighted by Crippen LogP contribution is -2.31. The number of benzene rings is 1. The zero-order chi connectivity index (χ0) is 24.5. The molecule has 0 saturated heterocycles. The van der Waals surface area contributed by atoms with E-state index >= 15 is 0 Å². The molecule has 176 valence electrons. The van der Waals surface area contributed by atoms with Crippen LogP contribution < -0.4 is 10.6 Å². The van der Waals surface area contributed by atoms with Crippen LogP contribution in [0.4, 0.5) is 11.4 Å². The van der Waals surface area contributed by atoms with Gasteiger partial charge < -0.3 is 15.4 Å². The fourth-order valence-electron chi connectivity index (χ4n) is 3.54. The van der Waals surface area contributed by atoms with Crippen molar-refractivity contribution in [1.82, 2.24) is 9.97 Å². The van der Waals surface area contributed by atoms with Gasteiger partial charge in [0.15, 0.2) is 0 Å². The molecule has 0 aliphatic rings. The molecular weight excluding hydrogens is 456 g/mol. The molecule has 0 atom stereocenters. The van der Waals surface area contributed by atoms with Crippen molar-refractivity contribution in [3.63, 3.8) is 0 Å². The monoisotopic (exact) mass is 482 g/mol. The average Bonchev–Trinajstić information content (AvgIpc) is 3.24.